The van der Waals surface area contributed by atoms with E-state index in [2.05, 4.69) is 15.3 Å². The van der Waals surface area contributed by atoms with Crippen LogP contribution in [0.25, 0.3) is 15.7 Å². The predicted octanol–water partition coefficient (Wildman–Crippen LogP) is 2.47. The molecule has 0 spiro atoms. The summed E-state index contributed by atoms with van der Waals surface area (Å²) in [5, 5.41) is 21.3. The Morgan fingerprint density at radius 2 is 2.30 bits per heavy atom. The van der Waals surface area contributed by atoms with Crippen LogP contribution in [0.1, 0.15) is 12.1 Å². The fourth-order valence-electron chi connectivity index (χ4n) is 1.65. The molecule has 3 rings (SSSR count). The van der Waals surface area contributed by atoms with Crippen LogP contribution in [0.2, 0.25) is 0 Å². The molecule has 0 atom stereocenters. The van der Waals surface area contributed by atoms with Gasteiger partial charge in [-0.3, -0.25) is 4.79 Å². The van der Waals surface area contributed by atoms with E-state index in [0.717, 1.165) is 15.7 Å². The Hall–Kier alpha value is -2.06. The predicted molar refractivity (Wildman–Crippen MR) is 76.3 cm³/mol. The van der Waals surface area contributed by atoms with Gasteiger partial charge in [-0.2, -0.15) is 4.68 Å². The Morgan fingerprint density at radius 3 is 3.05 bits per heavy atom. The number of carboxylic acids is 1. The zero-order valence-electron chi connectivity index (χ0n) is 10.3. The van der Waals surface area contributed by atoms with Crippen LogP contribution in [0.5, 0.6) is 0 Å². The quantitative estimate of drug-likeness (QED) is 0.783. The molecule has 0 bridgehead atoms. The highest BCUT2D eigenvalue weighted by Gasteiger charge is 2.10. The number of aromatic nitrogens is 4. The minimum absolute atomic E-state index is 0.0526. The third-order valence-corrected chi connectivity index (χ3v) is 4.32. The van der Waals surface area contributed by atoms with Gasteiger partial charge in [0.1, 0.15) is 0 Å². The number of hydrogen-bond acceptors (Lipinski definition) is 6. The van der Waals surface area contributed by atoms with Gasteiger partial charge in [-0.05, 0) is 11.4 Å². The summed E-state index contributed by atoms with van der Waals surface area (Å²) in [6.45, 7) is 0. The van der Waals surface area contributed by atoms with Gasteiger partial charge in [0.2, 0.25) is 5.13 Å². The third-order valence-electron chi connectivity index (χ3n) is 2.60. The van der Waals surface area contributed by atoms with Crippen molar-refractivity contribution in [3.8, 4) is 15.7 Å². The Balaban J connectivity index is 1.78. The maximum Gasteiger partial charge on any atom is 0.303 e. The van der Waals surface area contributed by atoms with Gasteiger partial charge >= 0.3 is 5.97 Å². The summed E-state index contributed by atoms with van der Waals surface area (Å²) in [5.41, 5.74) is 1.57. The van der Waals surface area contributed by atoms with Gasteiger partial charge in [0.05, 0.1) is 28.9 Å². The molecule has 0 unspecified atom stereocenters. The SMILES string of the molecule is O=C(O)CCc1cn(-c2nc(-c3cccs3)cs2)nn1. The molecule has 0 aromatic carbocycles. The number of hydrogen-bond donors (Lipinski definition) is 1. The van der Waals surface area contributed by atoms with E-state index in [-0.39, 0.29) is 6.42 Å². The number of aryl methyl sites for hydroxylation is 1. The van der Waals surface area contributed by atoms with Crippen molar-refractivity contribution >= 4 is 28.6 Å². The van der Waals surface area contributed by atoms with E-state index in [0.29, 0.717) is 12.1 Å². The molecule has 0 amide bonds. The van der Waals surface area contributed by atoms with Crippen LogP contribution < -0.4 is 0 Å². The second kappa shape index (κ2) is 5.51. The van der Waals surface area contributed by atoms with Crippen LogP contribution in [-0.2, 0) is 11.2 Å². The van der Waals surface area contributed by atoms with E-state index in [4.69, 9.17) is 5.11 Å². The van der Waals surface area contributed by atoms with Gasteiger partial charge in [-0.25, -0.2) is 4.98 Å². The second-order valence-corrected chi connectivity index (χ2v) is 5.83. The van der Waals surface area contributed by atoms with Crippen LogP contribution in [0.15, 0.2) is 29.1 Å². The van der Waals surface area contributed by atoms with Crippen molar-refractivity contribution in [1.82, 2.24) is 20.0 Å². The van der Waals surface area contributed by atoms with Crippen molar-refractivity contribution in [1.29, 1.82) is 0 Å². The van der Waals surface area contributed by atoms with Gasteiger partial charge in [-0.1, -0.05) is 11.3 Å². The standard InChI is InChI=1S/C12H10N4O2S2/c17-11(18)4-3-8-6-16(15-14-8)12-13-9(7-20-12)10-2-1-5-19-10/h1-2,5-7H,3-4H2,(H,17,18). The number of carbonyl (C=O) groups is 1. The molecular weight excluding hydrogens is 296 g/mol. The Kier molecular flexibility index (Phi) is 3.57. The first-order chi connectivity index (χ1) is 9.72. The zero-order chi connectivity index (χ0) is 13.9. The largest absolute Gasteiger partial charge is 0.481 e. The smallest absolute Gasteiger partial charge is 0.303 e. The number of rotatable bonds is 5. The number of nitrogens with zero attached hydrogens (tertiary/aromatic N) is 4. The second-order valence-electron chi connectivity index (χ2n) is 4.04. The lowest BCUT2D eigenvalue weighted by Gasteiger charge is -1.92. The molecule has 6 nitrogen and oxygen atoms in total. The van der Waals surface area contributed by atoms with Crippen molar-refractivity contribution in [3.05, 3.63) is 34.8 Å². The molecule has 0 aliphatic carbocycles. The first-order valence-corrected chi connectivity index (χ1v) is 7.61. The van der Waals surface area contributed by atoms with Gasteiger partial charge in [0.25, 0.3) is 0 Å². The van der Waals surface area contributed by atoms with Crippen molar-refractivity contribution in [3.63, 3.8) is 0 Å². The van der Waals surface area contributed by atoms with E-state index in [1.165, 1.54) is 11.3 Å². The lowest BCUT2D eigenvalue weighted by atomic mass is 10.2. The molecule has 0 aliphatic rings. The van der Waals surface area contributed by atoms with Crippen LogP contribution in [0, 0.1) is 0 Å². The maximum atomic E-state index is 10.5. The fraction of sp³-hybridized carbons (Fsp3) is 0.167. The molecule has 0 aliphatic heterocycles. The topological polar surface area (TPSA) is 80.9 Å². The third kappa shape index (κ3) is 2.75. The van der Waals surface area contributed by atoms with E-state index in [1.54, 1.807) is 22.2 Å². The maximum absolute atomic E-state index is 10.5. The van der Waals surface area contributed by atoms with E-state index < -0.39 is 5.97 Å². The van der Waals surface area contributed by atoms with E-state index in [1.807, 2.05) is 22.9 Å². The van der Waals surface area contributed by atoms with Gasteiger partial charge in [0.15, 0.2) is 0 Å². The number of thiophene rings is 1. The number of thiazole rings is 1. The summed E-state index contributed by atoms with van der Waals surface area (Å²) in [6, 6.07) is 4.00. The van der Waals surface area contributed by atoms with Gasteiger partial charge in [0, 0.05) is 11.8 Å². The molecule has 20 heavy (non-hydrogen) atoms. The molecular formula is C12H10N4O2S2. The molecule has 0 radical (unpaired) electrons. The molecule has 0 fully saturated rings. The molecule has 102 valence electrons. The number of carboxylic acid groups (broad SMARTS) is 1. The minimum atomic E-state index is -0.839. The lowest BCUT2D eigenvalue weighted by molar-refractivity contribution is -0.136. The monoisotopic (exact) mass is 306 g/mol. The molecule has 3 aromatic heterocycles. The zero-order valence-corrected chi connectivity index (χ0v) is 11.9. The highest BCUT2D eigenvalue weighted by molar-refractivity contribution is 7.15. The highest BCUT2D eigenvalue weighted by Crippen LogP contribution is 2.27. The van der Waals surface area contributed by atoms with Crippen LogP contribution >= 0.6 is 22.7 Å². The molecule has 0 saturated heterocycles. The van der Waals surface area contributed by atoms with Crippen LogP contribution in [-0.4, -0.2) is 31.1 Å². The van der Waals surface area contributed by atoms with E-state index in [9.17, 15) is 4.79 Å². The molecule has 8 heteroatoms. The van der Waals surface area contributed by atoms with Gasteiger partial charge in [-0.15, -0.1) is 27.8 Å². The van der Waals surface area contributed by atoms with Crippen molar-refractivity contribution < 1.29 is 9.90 Å². The fourth-order valence-corrected chi connectivity index (χ4v) is 3.15. The summed E-state index contributed by atoms with van der Waals surface area (Å²) < 4.78 is 1.58. The highest BCUT2D eigenvalue weighted by atomic mass is 32.1. The summed E-state index contributed by atoms with van der Waals surface area (Å²) in [5.74, 6) is -0.839. The first-order valence-electron chi connectivity index (χ1n) is 5.85. The van der Waals surface area contributed by atoms with Crippen molar-refractivity contribution in [2.24, 2.45) is 0 Å². The molecule has 1 N–H and O–H groups in total. The number of aliphatic carboxylic acids is 1. The summed E-state index contributed by atoms with van der Waals surface area (Å²) in [4.78, 5) is 16.1. The summed E-state index contributed by atoms with van der Waals surface area (Å²) in [7, 11) is 0. The summed E-state index contributed by atoms with van der Waals surface area (Å²) >= 11 is 3.11. The normalized spacial score (nSPS) is 10.8. The van der Waals surface area contributed by atoms with Crippen LogP contribution in [0.4, 0.5) is 0 Å². The minimum Gasteiger partial charge on any atom is -0.481 e. The lowest BCUT2D eigenvalue weighted by Crippen LogP contribution is -1.97. The first kappa shape index (κ1) is 12.9. The van der Waals surface area contributed by atoms with E-state index >= 15 is 0 Å². The van der Waals surface area contributed by atoms with Crippen LogP contribution in [0.3, 0.4) is 0 Å². The Labute approximate surface area is 122 Å². The molecule has 0 saturated carbocycles. The average Bonchev–Trinajstić information content (AvgIpc) is 3.15. The van der Waals surface area contributed by atoms with Crippen molar-refractivity contribution in [2.45, 2.75) is 12.8 Å². The molecule has 3 heterocycles. The molecule has 3 aromatic rings. The van der Waals surface area contributed by atoms with Gasteiger partial charge < -0.3 is 5.11 Å². The Bertz CT molecular complexity index is 717. The summed E-state index contributed by atoms with van der Waals surface area (Å²) in [6.07, 6.45) is 2.15. The average molecular weight is 306 g/mol. The van der Waals surface area contributed by atoms with Crippen molar-refractivity contribution in [2.75, 3.05) is 0 Å². The Morgan fingerprint density at radius 1 is 1.40 bits per heavy atom.